The van der Waals surface area contributed by atoms with Gasteiger partial charge in [-0.3, -0.25) is 0 Å². The quantitative estimate of drug-likeness (QED) is 0.170. The molecule has 2 aliphatic rings. The molecule has 0 unspecified atom stereocenters. The molecule has 2 aliphatic heterocycles. The van der Waals surface area contributed by atoms with Gasteiger partial charge < -0.3 is 9.38 Å². The summed E-state index contributed by atoms with van der Waals surface area (Å²) in [6.07, 6.45) is 0. The number of aromatic nitrogens is 1. The van der Waals surface area contributed by atoms with Gasteiger partial charge in [0.05, 0.1) is 11.0 Å². The smallest absolute Gasteiger partial charge is 0.330 e. The van der Waals surface area contributed by atoms with E-state index in [0.717, 1.165) is 0 Å². The van der Waals surface area contributed by atoms with Crippen molar-refractivity contribution in [3.63, 3.8) is 0 Å². The lowest BCUT2D eigenvalue weighted by atomic mass is 9.43. The van der Waals surface area contributed by atoms with Crippen molar-refractivity contribution in [2.24, 2.45) is 0 Å². The van der Waals surface area contributed by atoms with Crippen LogP contribution in [0.1, 0.15) is 0 Å². The number of hydrogen-bond donors (Lipinski definition) is 0. The Hall–Kier alpha value is -5.58. The molecular weight excluding hydrogens is 575 g/mol. The molecule has 0 radical (unpaired) electrons. The Bertz CT molecular complexity index is 2720. The molecule has 11 rings (SSSR count). The van der Waals surface area contributed by atoms with Crippen LogP contribution in [0.25, 0.3) is 69.9 Å². The summed E-state index contributed by atoms with van der Waals surface area (Å²) >= 11 is 1.96. The van der Waals surface area contributed by atoms with Crippen LogP contribution in [0.15, 0.2) is 152 Å². The minimum absolute atomic E-state index is 0.0844. The standard InChI is InChI=1S/C42H25BN2S/c1-2-12-26(13-3-1)44-36-19-9-5-17-30(36)33-25-40-34(24-39(33)44)32-23-22-31-29-16-7-11-21-38(29)45-37-20-10-6-15-28(37)27-14-4-8-18-35(27)43(45)41(31)42(32)46-40/h1-25H. The number of hydrogen-bond acceptors (Lipinski definition) is 2. The first-order chi connectivity index (χ1) is 22.8. The van der Waals surface area contributed by atoms with Gasteiger partial charge in [-0.25, -0.2) is 0 Å². The highest BCUT2D eigenvalue weighted by Crippen LogP contribution is 2.48. The van der Waals surface area contributed by atoms with E-state index in [-0.39, 0.29) is 6.85 Å². The van der Waals surface area contributed by atoms with Crippen molar-refractivity contribution in [3.05, 3.63) is 152 Å². The first kappa shape index (κ1) is 24.7. The molecule has 0 amide bonds. The van der Waals surface area contributed by atoms with Gasteiger partial charge in [0.25, 0.3) is 0 Å². The van der Waals surface area contributed by atoms with Crippen molar-refractivity contribution < 1.29 is 0 Å². The van der Waals surface area contributed by atoms with Gasteiger partial charge in [-0.05, 0) is 69.9 Å². The maximum atomic E-state index is 2.60. The lowest BCUT2D eigenvalue weighted by molar-refractivity contribution is 1.18. The average Bonchev–Trinajstić information content (AvgIpc) is 3.65. The van der Waals surface area contributed by atoms with E-state index in [1.54, 1.807) is 0 Å². The molecule has 0 N–H and O–H groups in total. The third kappa shape index (κ3) is 3.12. The van der Waals surface area contributed by atoms with Crippen LogP contribution in [0.3, 0.4) is 0 Å². The van der Waals surface area contributed by atoms with Crippen LogP contribution >= 0.6 is 11.3 Å². The number of fused-ring (bicyclic) bond motifs is 18. The van der Waals surface area contributed by atoms with Crippen molar-refractivity contribution in [3.8, 4) is 27.9 Å². The van der Waals surface area contributed by atoms with E-state index in [2.05, 4.69) is 161 Å². The molecule has 0 spiro atoms. The second-order valence-electron chi connectivity index (χ2n) is 12.5. The molecule has 0 aliphatic carbocycles. The normalized spacial score (nSPS) is 13.1. The number of benzene rings is 7. The molecule has 212 valence electrons. The predicted octanol–water partition coefficient (Wildman–Crippen LogP) is 10.1. The molecule has 4 heterocycles. The molecule has 0 fully saturated rings. The average molecular weight is 601 g/mol. The van der Waals surface area contributed by atoms with Gasteiger partial charge in [0.1, 0.15) is 0 Å². The van der Waals surface area contributed by atoms with Gasteiger partial charge in [-0.15, -0.1) is 11.3 Å². The van der Waals surface area contributed by atoms with Gasteiger partial charge in [0.2, 0.25) is 0 Å². The lowest BCUT2D eigenvalue weighted by Gasteiger charge is -2.43. The van der Waals surface area contributed by atoms with Gasteiger partial charge in [-0.2, -0.15) is 0 Å². The monoisotopic (exact) mass is 600 g/mol. The summed E-state index contributed by atoms with van der Waals surface area (Å²) in [4.78, 5) is 2.60. The number of rotatable bonds is 1. The minimum atomic E-state index is 0.0844. The first-order valence-electron chi connectivity index (χ1n) is 15.9. The SMILES string of the molecule is c1ccc(-n2c3ccccc3c3cc4sc5c6c(ccc5c4cc32)-c2ccccc2N2B6c3ccccc3-c3ccccc32)cc1. The van der Waals surface area contributed by atoms with Crippen LogP contribution in [-0.2, 0) is 0 Å². The van der Waals surface area contributed by atoms with Crippen molar-refractivity contribution in [2.75, 3.05) is 4.81 Å². The molecular formula is C42H25BN2S. The van der Waals surface area contributed by atoms with Crippen molar-refractivity contribution in [2.45, 2.75) is 0 Å². The zero-order valence-electron chi connectivity index (χ0n) is 24.8. The number of para-hydroxylation sites is 4. The molecule has 0 saturated heterocycles. The number of nitrogens with zero attached hydrogens (tertiary/aromatic N) is 2. The maximum absolute atomic E-state index is 2.60. The van der Waals surface area contributed by atoms with Crippen molar-refractivity contribution in [1.82, 2.24) is 4.57 Å². The number of thiophene rings is 1. The Kier molecular flexibility index (Phi) is 4.83. The topological polar surface area (TPSA) is 8.17 Å². The van der Waals surface area contributed by atoms with E-state index in [0.29, 0.717) is 0 Å². The van der Waals surface area contributed by atoms with Crippen molar-refractivity contribution in [1.29, 1.82) is 0 Å². The van der Waals surface area contributed by atoms with Gasteiger partial charge in [0, 0.05) is 53.7 Å². The van der Waals surface area contributed by atoms with Gasteiger partial charge >= 0.3 is 6.85 Å². The van der Waals surface area contributed by atoms with Crippen LogP contribution < -0.4 is 15.7 Å². The third-order valence-electron chi connectivity index (χ3n) is 10.2. The van der Waals surface area contributed by atoms with Crippen molar-refractivity contribution >= 4 is 82.5 Å². The highest BCUT2D eigenvalue weighted by Gasteiger charge is 2.43. The Morgan fingerprint density at radius 1 is 0.457 bits per heavy atom. The third-order valence-corrected chi connectivity index (χ3v) is 11.4. The largest absolute Gasteiger partial charge is 0.376 e. The molecule has 7 aromatic carbocycles. The summed E-state index contributed by atoms with van der Waals surface area (Å²) < 4.78 is 5.15. The summed E-state index contributed by atoms with van der Waals surface area (Å²) in [6.45, 7) is 0.0844. The Morgan fingerprint density at radius 3 is 1.96 bits per heavy atom. The zero-order chi connectivity index (χ0) is 29.9. The number of anilines is 2. The summed E-state index contributed by atoms with van der Waals surface area (Å²) in [7, 11) is 0. The molecule has 0 saturated carbocycles. The molecule has 0 bridgehead atoms. The zero-order valence-corrected chi connectivity index (χ0v) is 25.6. The fourth-order valence-corrected chi connectivity index (χ4v) is 9.61. The molecule has 9 aromatic rings. The molecule has 4 heteroatoms. The Morgan fingerprint density at radius 2 is 1.13 bits per heavy atom. The molecule has 2 aromatic heterocycles. The van der Waals surface area contributed by atoms with E-state index in [1.165, 1.54) is 92.2 Å². The summed E-state index contributed by atoms with van der Waals surface area (Å²) in [5.41, 5.74) is 14.3. The van der Waals surface area contributed by atoms with E-state index < -0.39 is 0 Å². The highest BCUT2D eigenvalue weighted by molar-refractivity contribution is 7.27. The predicted molar refractivity (Wildman–Crippen MR) is 198 cm³/mol. The van der Waals surface area contributed by atoms with Crippen LogP contribution in [-0.4, -0.2) is 11.4 Å². The summed E-state index contributed by atoms with van der Waals surface area (Å²) in [6, 6.07) is 56.2. The molecule has 0 atom stereocenters. The van der Waals surface area contributed by atoms with Gasteiger partial charge in [-0.1, -0.05) is 109 Å². The second kappa shape index (κ2) is 9.00. The molecule has 2 nitrogen and oxygen atoms in total. The summed E-state index contributed by atoms with van der Waals surface area (Å²) in [5.74, 6) is 0. The summed E-state index contributed by atoms with van der Waals surface area (Å²) in [5, 5.41) is 5.25. The van der Waals surface area contributed by atoms with Crippen LogP contribution in [0.2, 0.25) is 0 Å². The van der Waals surface area contributed by atoms with E-state index in [4.69, 9.17) is 0 Å². The fourth-order valence-electron chi connectivity index (χ4n) is 8.32. The van der Waals surface area contributed by atoms with E-state index >= 15 is 0 Å². The highest BCUT2D eigenvalue weighted by atomic mass is 32.1. The lowest BCUT2D eigenvalue weighted by Crippen LogP contribution is -2.59. The maximum Gasteiger partial charge on any atom is 0.330 e. The second-order valence-corrected chi connectivity index (χ2v) is 13.5. The minimum Gasteiger partial charge on any atom is -0.376 e. The Balaban J connectivity index is 1.27. The Labute approximate surface area is 270 Å². The first-order valence-corrected chi connectivity index (χ1v) is 16.7. The van der Waals surface area contributed by atoms with Crippen LogP contribution in [0.4, 0.5) is 11.4 Å². The fraction of sp³-hybridized carbons (Fsp3) is 0. The van der Waals surface area contributed by atoms with Crippen LogP contribution in [0.5, 0.6) is 0 Å². The van der Waals surface area contributed by atoms with Gasteiger partial charge in [0.15, 0.2) is 0 Å². The van der Waals surface area contributed by atoms with Crippen LogP contribution in [0, 0.1) is 0 Å². The van der Waals surface area contributed by atoms with E-state index in [1.807, 2.05) is 11.3 Å². The molecule has 46 heavy (non-hydrogen) atoms. The van der Waals surface area contributed by atoms with E-state index in [9.17, 15) is 0 Å².